The Hall–Kier alpha value is -3.77. The van der Waals surface area contributed by atoms with Gasteiger partial charge in [0.1, 0.15) is 11.5 Å². The van der Waals surface area contributed by atoms with E-state index in [1.54, 1.807) is 25.9 Å². The first-order chi connectivity index (χ1) is 17.8. The van der Waals surface area contributed by atoms with Crippen LogP contribution in [0.2, 0.25) is 0 Å². The third-order valence-corrected chi connectivity index (χ3v) is 6.50. The first-order valence-corrected chi connectivity index (χ1v) is 12.5. The summed E-state index contributed by atoms with van der Waals surface area (Å²) in [6, 6.07) is 7.80. The number of nitrogens with zero attached hydrogens (tertiary/aromatic N) is 7. The van der Waals surface area contributed by atoms with Gasteiger partial charge in [-0.3, -0.25) is 14.5 Å². The first-order valence-electron chi connectivity index (χ1n) is 12.5. The van der Waals surface area contributed by atoms with Crippen LogP contribution in [0.1, 0.15) is 38.2 Å². The molecule has 0 spiro atoms. The minimum absolute atomic E-state index is 0.186. The van der Waals surface area contributed by atoms with Gasteiger partial charge in [-0.15, -0.1) is 5.92 Å². The molecule has 1 unspecified atom stereocenters. The second-order valence-electron chi connectivity index (χ2n) is 9.54. The van der Waals surface area contributed by atoms with Crippen molar-refractivity contribution in [1.82, 2.24) is 29.6 Å². The van der Waals surface area contributed by atoms with Gasteiger partial charge in [0.2, 0.25) is 6.41 Å². The van der Waals surface area contributed by atoms with E-state index in [4.69, 9.17) is 0 Å². The molecule has 9 nitrogen and oxygen atoms in total. The van der Waals surface area contributed by atoms with Gasteiger partial charge in [-0.1, -0.05) is 31.0 Å². The molecule has 0 aliphatic carbocycles. The summed E-state index contributed by atoms with van der Waals surface area (Å²) in [4.78, 5) is 46.1. The van der Waals surface area contributed by atoms with Gasteiger partial charge in [0.05, 0.1) is 25.3 Å². The summed E-state index contributed by atoms with van der Waals surface area (Å²) in [5, 5.41) is 0.978. The standard InChI is InChI=1S/C28H37N7O2/c1-7-8-16-35(19-34-15-11-12-21(2)17-34)26(27(29-4)33(6)20-36)28(37)32(5)18-25-30-22(3)23-13-9-10-14-24(23)31-25/h9-10,13-14,20-21H,4,11-12,15-19H2,1-3,5-6H3/b27-26+. The van der Waals surface area contributed by atoms with Crippen molar-refractivity contribution in [3.8, 4) is 11.8 Å². The highest BCUT2D eigenvalue weighted by molar-refractivity contribution is 5.94. The summed E-state index contributed by atoms with van der Waals surface area (Å²) in [5.41, 5.74) is 1.95. The van der Waals surface area contributed by atoms with Crippen molar-refractivity contribution >= 4 is 29.9 Å². The summed E-state index contributed by atoms with van der Waals surface area (Å²) >= 11 is 0. The zero-order valence-corrected chi connectivity index (χ0v) is 22.6. The van der Waals surface area contributed by atoms with Crippen LogP contribution in [0, 0.1) is 24.7 Å². The average Bonchev–Trinajstić information content (AvgIpc) is 2.89. The molecule has 1 atom stereocenters. The summed E-state index contributed by atoms with van der Waals surface area (Å²) in [7, 11) is 3.26. The summed E-state index contributed by atoms with van der Waals surface area (Å²) in [6.07, 6.45) is 2.91. The van der Waals surface area contributed by atoms with Gasteiger partial charge in [0.15, 0.2) is 5.82 Å². The molecule has 1 aromatic carbocycles. The largest absolute Gasteiger partial charge is 0.340 e. The molecule has 196 valence electrons. The Kier molecular flexibility index (Phi) is 9.75. The van der Waals surface area contributed by atoms with E-state index >= 15 is 0 Å². The number of aliphatic imine (C=N–C) groups is 1. The van der Waals surface area contributed by atoms with E-state index in [1.807, 2.05) is 36.1 Å². The lowest BCUT2D eigenvalue weighted by Crippen LogP contribution is -2.46. The molecule has 0 saturated carbocycles. The minimum atomic E-state index is -0.312. The lowest BCUT2D eigenvalue weighted by Gasteiger charge is -2.37. The molecule has 2 amide bonds. The number of rotatable bonds is 10. The zero-order valence-electron chi connectivity index (χ0n) is 22.6. The third kappa shape index (κ3) is 6.92. The normalized spacial score (nSPS) is 16.3. The highest BCUT2D eigenvalue weighted by Gasteiger charge is 2.29. The van der Waals surface area contributed by atoms with Crippen molar-refractivity contribution in [3.05, 3.63) is 47.3 Å². The molecule has 0 N–H and O–H groups in total. The fraction of sp³-hybridized carbons (Fsp3) is 0.464. The first kappa shape index (κ1) is 27.8. The van der Waals surface area contributed by atoms with Gasteiger partial charge >= 0.3 is 0 Å². The number of likely N-dealkylation sites (N-methyl/N-ethyl adjacent to an activating group) is 1. The van der Waals surface area contributed by atoms with Crippen LogP contribution < -0.4 is 0 Å². The third-order valence-electron chi connectivity index (χ3n) is 6.50. The Bertz CT molecular complexity index is 1230. The van der Waals surface area contributed by atoms with Crippen molar-refractivity contribution in [3.63, 3.8) is 0 Å². The number of carbonyl (C=O) groups is 2. The van der Waals surface area contributed by atoms with E-state index in [1.165, 1.54) is 11.3 Å². The van der Waals surface area contributed by atoms with E-state index in [0.29, 0.717) is 31.4 Å². The predicted molar refractivity (Wildman–Crippen MR) is 146 cm³/mol. The maximum absolute atomic E-state index is 14.0. The molecule has 1 saturated heterocycles. The monoisotopic (exact) mass is 503 g/mol. The van der Waals surface area contributed by atoms with Crippen molar-refractivity contribution in [2.45, 2.75) is 40.2 Å². The van der Waals surface area contributed by atoms with E-state index in [9.17, 15) is 9.59 Å². The highest BCUT2D eigenvalue weighted by Crippen LogP contribution is 2.22. The minimum Gasteiger partial charge on any atom is -0.340 e. The van der Waals surface area contributed by atoms with Gasteiger partial charge in [-0.2, -0.15) is 0 Å². The highest BCUT2D eigenvalue weighted by atomic mass is 16.2. The summed E-state index contributed by atoms with van der Waals surface area (Å²) in [5.74, 6) is 6.99. The number of aryl methyl sites for hydroxylation is 1. The van der Waals surface area contributed by atoms with Crippen LogP contribution in [-0.2, 0) is 16.1 Å². The molecule has 0 bridgehead atoms. The van der Waals surface area contributed by atoms with Crippen LogP contribution in [0.25, 0.3) is 10.9 Å². The van der Waals surface area contributed by atoms with Crippen LogP contribution in [0.3, 0.4) is 0 Å². The fourth-order valence-corrected chi connectivity index (χ4v) is 4.64. The van der Waals surface area contributed by atoms with Gasteiger partial charge in [-0.05, 0) is 51.9 Å². The summed E-state index contributed by atoms with van der Waals surface area (Å²) < 4.78 is 0. The Morgan fingerprint density at radius 3 is 2.73 bits per heavy atom. The van der Waals surface area contributed by atoms with Gasteiger partial charge < -0.3 is 14.7 Å². The zero-order chi connectivity index (χ0) is 26.9. The molecule has 0 radical (unpaired) electrons. The molecule has 1 aliphatic heterocycles. The topological polar surface area (TPSA) is 85.2 Å². The number of hydrogen-bond donors (Lipinski definition) is 0. The van der Waals surface area contributed by atoms with E-state index in [-0.39, 0.29) is 24.0 Å². The smallest absolute Gasteiger partial charge is 0.274 e. The molecule has 2 heterocycles. The van der Waals surface area contributed by atoms with Crippen molar-refractivity contribution in [2.24, 2.45) is 10.9 Å². The van der Waals surface area contributed by atoms with Crippen LogP contribution in [0.15, 0.2) is 40.8 Å². The molecule has 3 rings (SSSR count). The van der Waals surface area contributed by atoms with E-state index in [0.717, 1.165) is 36.1 Å². The quantitative estimate of drug-likeness (QED) is 0.215. The van der Waals surface area contributed by atoms with Crippen LogP contribution in [0.5, 0.6) is 0 Å². The average molecular weight is 504 g/mol. The number of carbonyl (C=O) groups excluding carboxylic acids is 2. The number of amides is 2. The molecule has 2 aromatic rings. The van der Waals surface area contributed by atoms with Gasteiger partial charge in [-0.25, -0.2) is 15.0 Å². The number of benzene rings is 1. The Labute approximate surface area is 219 Å². The van der Waals surface area contributed by atoms with Crippen LogP contribution >= 0.6 is 0 Å². The molecule has 9 heteroatoms. The maximum Gasteiger partial charge on any atom is 0.274 e. The van der Waals surface area contributed by atoms with Gasteiger partial charge in [0, 0.05) is 31.7 Å². The Morgan fingerprint density at radius 2 is 2.05 bits per heavy atom. The molecule has 1 aliphatic rings. The molecule has 1 fully saturated rings. The molecular weight excluding hydrogens is 466 g/mol. The maximum atomic E-state index is 14.0. The molecular formula is C28H37N7O2. The Morgan fingerprint density at radius 1 is 1.30 bits per heavy atom. The number of fused-ring (bicyclic) bond motifs is 1. The lowest BCUT2D eigenvalue weighted by molar-refractivity contribution is -0.128. The second-order valence-corrected chi connectivity index (χ2v) is 9.54. The predicted octanol–water partition coefficient (Wildman–Crippen LogP) is 2.87. The Balaban J connectivity index is 1.98. The fourth-order valence-electron chi connectivity index (χ4n) is 4.64. The van der Waals surface area contributed by atoms with Crippen molar-refractivity contribution in [2.75, 3.05) is 40.4 Å². The van der Waals surface area contributed by atoms with Crippen LogP contribution in [-0.4, -0.2) is 89.0 Å². The van der Waals surface area contributed by atoms with Gasteiger partial charge in [0.25, 0.3) is 5.91 Å². The number of aromatic nitrogens is 2. The van der Waals surface area contributed by atoms with Crippen molar-refractivity contribution < 1.29 is 9.59 Å². The molecule has 1 aromatic heterocycles. The second kappa shape index (κ2) is 13.0. The molecule has 37 heavy (non-hydrogen) atoms. The number of para-hydroxylation sites is 1. The van der Waals surface area contributed by atoms with Crippen LogP contribution in [0.4, 0.5) is 0 Å². The van der Waals surface area contributed by atoms with Crippen molar-refractivity contribution in [1.29, 1.82) is 0 Å². The summed E-state index contributed by atoms with van der Waals surface area (Å²) in [6.45, 7) is 12.5. The number of hydrogen-bond acceptors (Lipinski definition) is 7. The van der Waals surface area contributed by atoms with E-state index in [2.05, 4.69) is 45.3 Å². The van der Waals surface area contributed by atoms with E-state index < -0.39 is 0 Å². The number of piperidine rings is 1. The lowest BCUT2D eigenvalue weighted by atomic mass is 10.0. The SMILES string of the molecule is C=N/C(=C(/C(=O)N(C)Cc1nc(C)c2ccccc2n1)N(CC#CC)CN1CCCC(C)C1)N(C)C=O. The number of likely N-dealkylation sites (tertiary alicyclic amines) is 1.